The van der Waals surface area contributed by atoms with E-state index >= 15 is 0 Å². The van der Waals surface area contributed by atoms with Gasteiger partial charge in [-0.2, -0.15) is 0 Å². The lowest BCUT2D eigenvalue weighted by Gasteiger charge is -2.46. The van der Waals surface area contributed by atoms with Crippen LogP contribution in [-0.4, -0.2) is 47.0 Å². The van der Waals surface area contributed by atoms with E-state index in [1.165, 1.54) is 12.7 Å². The lowest BCUT2D eigenvalue weighted by Crippen LogP contribution is -2.51. The molecular formula is C27H25N5O3. The summed E-state index contributed by atoms with van der Waals surface area (Å²) in [4.78, 5) is 35.0. The van der Waals surface area contributed by atoms with Gasteiger partial charge >= 0.3 is 0 Å². The normalized spacial score (nSPS) is 16.5. The molecule has 0 bridgehead atoms. The highest BCUT2D eigenvalue weighted by Crippen LogP contribution is 2.44. The van der Waals surface area contributed by atoms with Crippen LogP contribution in [0.25, 0.3) is 10.9 Å². The highest BCUT2D eigenvalue weighted by molar-refractivity contribution is 6.03. The van der Waals surface area contributed by atoms with Gasteiger partial charge in [0, 0.05) is 30.7 Å². The van der Waals surface area contributed by atoms with Gasteiger partial charge in [0.05, 0.1) is 24.1 Å². The van der Waals surface area contributed by atoms with Gasteiger partial charge in [-0.05, 0) is 42.3 Å². The van der Waals surface area contributed by atoms with E-state index in [0.29, 0.717) is 23.7 Å². The Labute approximate surface area is 202 Å². The van der Waals surface area contributed by atoms with Crippen LogP contribution in [-0.2, 0) is 17.8 Å². The predicted molar refractivity (Wildman–Crippen MR) is 134 cm³/mol. The fourth-order valence-electron chi connectivity index (χ4n) is 5.46. The number of carbonyl (C=O) groups excluding carboxylic acids is 2. The fourth-order valence-corrected chi connectivity index (χ4v) is 5.46. The van der Waals surface area contributed by atoms with E-state index in [9.17, 15) is 9.59 Å². The first kappa shape index (κ1) is 21.2. The number of para-hydroxylation sites is 2. The van der Waals surface area contributed by atoms with E-state index < -0.39 is 0 Å². The summed E-state index contributed by atoms with van der Waals surface area (Å²) < 4.78 is 7.34. The van der Waals surface area contributed by atoms with E-state index in [1.54, 1.807) is 18.3 Å². The third kappa shape index (κ3) is 3.24. The molecule has 0 fully saturated rings. The van der Waals surface area contributed by atoms with Crippen LogP contribution in [0.4, 0.5) is 11.4 Å². The van der Waals surface area contributed by atoms with Crippen molar-refractivity contribution < 1.29 is 14.3 Å². The van der Waals surface area contributed by atoms with Crippen molar-refractivity contribution in [3.63, 3.8) is 0 Å². The molecule has 1 unspecified atom stereocenters. The summed E-state index contributed by atoms with van der Waals surface area (Å²) in [7, 11) is 3.54. The number of fused-ring (bicyclic) bond motifs is 6. The molecule has 2 aliphatic rings. The second kappa shape index (κ2) is 8.16. The summed E-state index contributed by atoms with van der Waals surface area (Å²) in [6.45, 7) is 0.726. The zero-order valence-electron chi connectivity index (χ0n) is 19.6. The maximum Gasteiger partial charge on any atom is 0.257 e. The van der Waals surface area contributed by atoms with Crippen LogP contribution in [0.5, 0.6) is 5.88 Å². The predicted octanol–water partition coefficient (Wildman–Crippen LogP) is 3.83. The van der Waals surface area contributed by atoms with Gasteiger partial charge in [0.2, 0.25) is 11.8 Å². The van der Waals surface area contributed by atoms with Gasteiger partial charge in [0.25, 0.3) is 5.91 Å². The molecule has 0 aliphatic carbocycles. The standard InChI is InChI=1S/C27H25N5O3/c1-30-21-11-5-4-9-19(21)27(34)31-15-13-18-17-8-3-6-12-22(17)32(24(18)26(30)31)16-23(33)29-20-10-7-14-28-25(20)35-2/h3-12,14,26H,13,15-16H2,1-2H3,(H,29,33). The maximum absolute atomic E-state index is 13.5. The first-order valence-electron chi connectivity index (χ1n) is 11.6. The van der Waals surface area contributed by atoms with E-state index in [4.69, 9.17) is 4.74 Å². The quantitative estimate of drug-likeness (QED) is 0.494. The Bertz CT molecular complexity index is 1480. The van der Waals surface area contributed by atoms with Crippen LogP contribution in [0.2, 0.25) is 0 Å². The van der Waals surface area contributed by atoms with Gasteiger partial charge in [0.1, 0.15) is 18.4 Å². The molecule has 8 heteroatoms. The SMILES string of the molecule is COc1ncccc1NC(=O)Cn1c2c(c3ccccc31)CCN1C(=O)c3ccccc3N(C)C21. The number of benzene rings is 2. The molecule has 8 nitrogen and oxygen atoms in total. The second-order valence-electron chi connectivity index (χ2n) is 8.83. The zero-order valence-corrected chi connectivity index (χ0v) is 19.6. The molecule has 2 amide bonds. The molecule has 0 saturated carbocycles. The molecule has 35 heavy (non-hydrogen) atoms. The summed E-state index contributed by atoms with van der Waals surface area (Å²) in [6.07, 6.45) is 2.06. The number of nitrogens with zero attached hydrogens (tertiary/aromatic N) is 4. The molecule has 0 spiro atoms. The minimum absolute atomic E-state index is 0.0238. The molecule has 176 valence electrons. The van der Waals surface area contributed by atoms with Crippen molar-refractivity contribution >= 4 is 34.1 Å². The number of ether oxygens (including phenoxy) is 1. The molecule has 0 radical (unpaired) electrons. The Balaban J connectivity index is 1.45. The largest absolute Gasteiger partial charge is 0.480 e. The smallest absolute Gasteiger partial charge is 0.257 e. The van der Waals surface area contributed by atoms with Gasteiger partial charge in [-0.25, -0.2) is 4.98 Å². The lowest BCUT2D eigenvalue weighted by molar-refractivity contribution is -0.116. The Hall–Kier alpha value is -4.33. The number of hydrogen-bond donors (Lipinski definition) is 1. The first-order valence-corrected chi connectivity index (χ1v) is 11.6. The van der Waals surface area contributed by atoms with E-state index in [-0.39, 0.29) is 24.5 Å². The molecule has 6 rings (SSSR count). The van der Waals surface area contributed by atoms with Crippen molar-refractivity contribution in [1.82, 2.24) is 14.5 Å². The minimum Gasteiger partial charge on any atom is -0.480 e. The zero-order chi connectivity index (χ0) is 24.1. The van der Waals surface area contributed by atoms with Crippen LogP contribution in [0, 0.1) is 0 Å². The maximum atomic E-state index is 13.5. The molecule has 2 aliphatic heterocycles. The van der Waals surface area contributed by atoms with Gasteiger partial charge in [-0.3, -0.25) is 9.59 Å². The summed E-state index contributed by atoms with van der Waals surface area (Å²) >= 11 is 0. The number of pyridine rings is 1. The number of anilines is 2. The monoisotopic (exact) mass is 467 g/mol. The van der Waals surface area contributed by atoms with E-state index in [2.05, 4.69) is 25.8 Å². The third-order valence-corrected chi connectivity index (χ3v) is 6.94. The van der Waals surface area contributed by atoms with Crippen LogP contribution in [0.3, 0.4) is 0 Å². The summed E-state index contributed by atoms with van der Waals surface area (Å²) in [5.41, 5.74) is 5.27. The molecule has 1 N–H and O–H groups in total. The third-order valence-electron chi connectivity index (χ3n) is 6.94. The van der Waals surface area contributed by atoms with Gasteiger partial charge in [-0.1, -0.05) is 30.3 Å². The average molecular weight is 468 g/mol. The van der Waals surface area contributed by atoms with Crippen molar-refractivity contribution in [2.45, 2.75) is 19.1 Å². The van der Waals surface area contributed by atoms with Crippen molar-refractivity contribution in [3.05, 3.63) is 83.7 Å². The van der Waals surface area contributed by atoms with Crippen LogP contribution in [0.15, 0.2) is 66.9 Å². The summed E-state index contributed by atoms with van der Waals surface area (Å²) in [6, 6.07) is 19.4. The fraction of sp³-hybridized carbons (Fsp3) is 0.222. The molecule has 1 atom stereocenters. The molecular weight excluding hydrogens is 442 g/mol. The van der Waals surface area contributed by atoms with Crippen LogP contribution in [0.1, 0.15) is 27.8 Å². The number of aromatic nitrogens is 2. The van der Waals surface area contributed by atoms with Crippen molar-refractivity contribution in [1.29, 1.82) is 0 Å². The number of amides is 2. The molecule has 2 aromatic carbocycles. The second-order valence-corrected chi connectivity index (χ2v) is 8.83. The number of carbonyl (C=O) groups is 2. The highest BCUT2D eigenvalue weighted by Gasteiger charge is 2.42. The Morgan fingerprint density at radius 1 is 1.11 bits per heavy atom. The Morgan fingerprint density at radius 2 is 1.91 bits per heavy atom. The number of methoxy groups -OCH3 is 1. The number of nitrogens with one attached hydrogen (secondary N) is 1. The topological polar surface area (TPSA) is 79.7 Å². The minimum atomic E-state index is -0.297. The molecule has 4 heterocycles. The average Bonchev–Trinajstić information content (AvgIpc) is 3.20. The lowest BCUT2D eigenvalue weighted by atomic mass is 9.96. The van der Waals surface area contributed by atoms with Crippen molar-refractivity contribution in [3.8, 4) is 5.88 Å². The number of hydrogen-bond acceptors (Lipinski definition) is 5. The Morgan fingerprint density at radius 3 is 2.77 bits per heavy atom. The summed E-state index contributed by atoms with van der Waals surface area (Å²) in [5.74, 6) is 0.193. The van der Waals surface area contributed by atoms with E-state index in [1.807, 2.05) is 54.4 Å². The molecule has 0 saturated heterocycles. The van der Waals surface area contributed by atoms with Crippen molar-refractivity contribution in [2.75, 3.05) is 30.9 Å². The number of rotatable bonds is 4. The highest BCUT2D eigenvalue weighted by atomic mass is 16.5. The van der Waals surface area contributed by atoms with Crippen LogP contribution < -0.4 is 15.0 Å². The van der Waals surface area contributed by atoms with Gasteiger partial charge in [-0.15, -0.1) is 0 Å². The Kier molecular flexibility index (Phi) is 4.95. The van der Waals surface area contributed by atoms with E-state index in [0.717, 1.165) is 28.7 Å². The first-order chi connectivity index (χ1) is 17.1. The van der Waals surface area contributed by atoms with Crippen molar-refractivity contribution in [2.24, 2.45) is 0 Å². The van der Waals surface area contributed by atoms with Gasteiger partial charge in [0.15, 0.2) is 0 Å². The van der Waals surface area contributed by atoms with Crippen LogP contribution >= 0.6 is 0 Å². The molecule has 4 aromatic rings. The molecule has 2 aromatic heterocycles. The van der Waals surface area contributed by atoms with Gasteiger partial charge < -0.3 is 24.4 Å². The summed E-state index contributed by atoms with van der Waals surface area (Å²) in [5, 5.41) is 4.06.